The molecule has 3 aromatic carbocycles. The number of carbonyl (C=O) groups excluding carboxylic acids is 2. The normalized spacial score (nSPS) is 17.5. The van der Waals surface area contributed by atoms with E-state index in [1.165, 1.54) is 12.0 Å². The molecule has 8 nitrogen and oxygen atoms in total. The molecule has 4 aromatic rings. The van der Waals surface area contributed by atoms with E-state index in [0.717, 1.165) is 5.56 Å². The van der Waals surface area contributed by atoms with Gasteiger partial charge >= 0.3 is 6.09 Å². The van der Waals surface area contributed by atoms with Crippen molar-refractivity contribution >= 4 is 34.7 Å². The molecule has 0 fully saturated rings. The van der Waals surface area contributed by atoms with E-state index in [1.807, 2.05) is 31.2 Å². The first-order valence-electron chi connectivity index (χ1n) is 10.0. The number of amides is 2. The number of aromatic amines is 1. The quantitative estimate of drug-likeness (QED) is 0.459. The van der Waals surface area contributed by atoms with Gasteiger partial charge in [0, 0.05) is 16.7 Å². The maximum absolute atomic E-state index is 13.4. The molecule has 5 rings (SSSR count). The summed E-state index contributed by atoms with van der Waals surface area (Å²) in [6, 6.07) is 19.7. The number of aromatic nitrogens is 2. The minimum atomic E-state index is -1.73. The molecular weight excluding hydrogens is 408 g/mol. The van der Waals surface area contributed by atoms with Crippen LogP contribution in [0, 0.1) is 6.92 Å². The van der Waals surface area contributed by atoms with Gasteiger partial charge < -0.3 is 14.8 Å². The molecule has 1 aliphatic rings. The fourth-order valence-electron chi connectivity index (χ4n) is 4.18. The lowest BCUT2D eigenvalue weighted by Gasteiger charge is -2.35. The van der Waals surface area contributed by atoms with Crippen LogP contribution in [0.3, 0.4) is 0 Å². The Hall–Kier alpha value is -4.17. The van der Waals surface area contributed by atoms with E-state index in [-0.39, 0.29) is 11.9 Å². The van der Waals surface area contributed by atoms with E-state index in [9.17, 15) is 14.7 Å². The first-order valence-corrected chi connectivity index (χ1v) is 10.0. The number of nitrogens with one attached hydrogen (secondary N) is 2. The number of nitrogens with zero attached hydrogens (tertiary/aromatic N) is 2. The van der Waals surface area contributed by atoms with E-state index >= 15 is 0 Å². The highest BCUT2D eigenvalue weighted by Gasteiger charge is 2.51. The number of rotatable bonds is 3. The van der Waals surface area contributed by atoms with E-state index < -0.39 is 11.8 Å². The van der Waals surface area contributed by atoms with E-state index in [0.29, 0.717) is 33.4 Å². The fraction of sp³-hybridized carbons (Fsp3) is 0.125. The predicted octanol–water partition coefficient (Wildman–Crippen LogP) is 3.90. The number of para-hydroxylation sites is 1. The third-order valence-corrected chi connectivity index (χ3v) is 5.71. The van der Waals surface area contributed by atoms with Gasteiger partial charge in [-0.1, -0.05) is 42.5 Å². The third-order valence-electron chi connectivity index (χ3n) is 5.71. The average molecular weight is 428 g/mol. The maximum atomic E-state index is 13.4. The minimum Gasteiger partial charge on any atom is -0.453 e. The van der Waals surface area contributed by atoms with Crippen LogP contribution in [0.2, 0.25) is 0 Å². The van der Waals surface area contributed by atoms with Crippen molar-refractivity contribution in [1.82, 2.24) is 9.97 Å². The van der Waals surface area contributed by atoms with E-state index in [4.69, 9.17) is 0 Å². The van der Waals surface area contributed by atoms with Crippen LogP contribution in [0.15, 0.2) is 66.7 Å². The topological polar surface area (TPSA) is 108 Å². The van der Waals surface area contributed by atoms with Gasteiger partial charge in [-0.15, -0.1) is 0 Å². The zero-order valence-electron chi connectivity index (χ0n) is 17.4. The molecule has 32 heavy (non-hydrogen) atoms. The Morgan fingerprint density at radius 1 is 1.12 bits per heavy atom. The van der Waals surface area contributed by atoms with Crippen molar-refractivity contribution in [2.45, 2.75) is 12.6 Å². The lowest BCUT2D eigenvalue weighted by atomic mass is 9.93. The number of aryl methyl sites for hydroxylation is 1. The number of ether oxygens (including phenoxy) is 1. The van der Waals surface area contributed by atoms with Crippen molar-refractivity contribution in [2.24, 2.45) is 0 Å². The first-order chi connectivity index (χ1) is 15.4. The Labute approximate surface area is 183 Å². The van der Waals surface area contributed by atoms with Crippen LogP contribution in [-0.4, -0.2) is 34.2 Å². The number of hydrogen-bond acceptors (Lipinski definition) is 5. The third kappa shape index (κ3) is 2.84. The molecule has 1 atom stereocenters. The lowest BCUT2D eigenvalue weighted by molar-refractivity contribution is 0.0703. The molecule has 3 N–H and O–H groups in total. The number of H-pyrrole nitrogens is 1. The number of carbonyl (C=O) groups is 2. The van der Waals surface area contributed by atoms with Gasteiger partial charge in [-0.05, 0) is 36.8 Å². The zero-order chi connectivity index (χ0) is 22.5. The zero-order valence-corrected chi connectivity index (χ0v) is 17.4. The molecule has 160 valence electrons. The van der Waals surface area contributed by atoms with Gasteiger partial charge in [0.25, 0.3) is 5.91 Å². The van der Waals surface area contributed by atoms with Crippen LogP contribution in [0.1, 0.15) is 27.0 Å². The number of benzene rings is 3. The van der Waals surface area contributed by atoms with Gasteiger partial charge in [0.2, 0.25) is 5.95 Å². The van der Waals surface area contributed by atoms with Gasteiger partial charge in [0.15, 0.2) is 5.72 Å². The SMILES string of the molecule is COC(=O)Nc1nc2ccc(C3(O)c4ccccc4C(=O)N3c3ccccc3C)cc2[nH]1. The second-order valence-corrected chi connectivity index (χ2v) is 7.58. The van der Waals surface area contributed by atoms with Crippen LogP contribution >= 0.6 is 0 Å². The largest absolute Gasteiger partial charge is 0.453 e. The van der Waals surface area contributed by atoms with Gasteiger partial charge in [0.05, 0.1) is 23.8 Å². The average Bonchev–Trinajstić information content (AvgIpc) is 3.30. The smallest absolute Gasteiger partial charge is 0.413 e. The molecule has 2 amide bonds. The monoisotopic (exact) mass is 428 g/mol. The summed E-state index contributed by atoms with van der Waals surface area (Å²) >= 11 is 0. The number of aliphatic hydroxyl groups is 1. The number of fused-ring (bicyclic) bond motifs is 2. The lowest BCUT2D eigenvalue weighted by Crippen LogP contribution is -2.45. The summed E-state index contributed by atoms with van der Waals surface area (Å²) in [7, 11) is 1.26. The van der Waals surface area contributed by atoms with E-state index in [2.05, 4.69) is 20.0 Å². The molecule has 1 aliphatic heterocycles. The standard InChI is InChI=1S/C24H20N4O4/c1-14-7-3-6-10-20(14)28-21(29)16-8-4-5-9-17(16)24(28,31)15-11-12-18-19(13-15)26-22(25-18)27-23(30)32-2/h3-13,31H,1-2H3,(H2,25,26,27,30). The van der Waals surface area contributed by atoms with Crippen molar-refractivity contribution in [2.75, 3.05) is 17.3 Å². The van der Waals surface area contributed by atoms with Gasteiger partial charge in [-0.3, -0.25) is 15.0 Å². The molecule has 0 saturated carbocycles. The van der Waals surface area contributed by atoms with Crippen molar-refractivity contribution in [1.29, 1.82) is 0 Å². The highest BCUT2D eigenvalue weighted by Crippen LogP contribution is 2.46. The van der Waals surface area contributed by atoms with Crippen LogP contribution in [-0.2, 0) is 10.5 Å². The summed E-state index contributed by atoms with van der Waals surface area (Å²) in [6.07, 6.45) is -0.649. The van der Waals surface area contributed by atoms with Crippen molar-refractivity contribution < 1.29 is 19.4 Å². The summed E-state index contributed by atoms with van der Waals surface area (Å²) in [5.74, 6) is -0.0650. The molecule has 1 aromatic heterocycles. The molecule has 0 radical (unpaired) electrons. The van der Waals surface area contributed by atoms with Gasteiger partial charge in [0.1, 0.15) is 0 Å². The summed E-state index contributed by atoms with van der Waals surface area (Å²) in [5, 5.41) is 14.6. The number of imidazole rings is 1. The molecule has 8 heteroatoms. The maximum Gasteiger partial charge on any atom is 0.413 e. The Kier molecular flexibility index (Phi) is 4.45. The highest BCUT2D eigenvalue weighted by atomic mass is 16.5. The van der Waals surface area contributed by atoms with Crippen molar-refractivity contribution in [3.8, 4) is 0 Å². The van der Waals surface area contributed by atoms with Crippen LogP contribution < -0.4 is 10.2 Å². The second-order valence-electron chi connectivity index (χ2n) is 7.58. The van der Waals surface area contributed by atoms with Gasteiger partial charge in [-0.25, -0.2) is 9.78 Å². The van der Waals surface area contributed by atoms with Crippen LogP contribution in [0.4, 0.5) is 16.4 Å². The van der Waals surface area contributed by atoms with Crippen molar-refractivity contribution in [3.05, 3.63) is 89.0 Å². The fourth-order valence-corrected chi connectivity index (χ4v) is 4.18. The summed E-state index contributed by atoms with van der Waals surface area (Å²) in [5.41, 5.74) is 2.35. The first kappa shape index (κ1) is 19.8. The molecular formula is C24H20N4O4. The van der Waals surface area contributed by atoms with Crippen LogP contribution in [0.25, 0.3) is 11.0 Å². The molecule has 0 bridgehead atoms. The molecule has 0 aliphatic carbocycles. The van der Waals surface area contributed by atoms with Gasteiger partial charge in [-0.2, -0.15) is 0 Å². The summed E-state index contributed by atoms with van der Waals surface area (Å²) < 4.78 is 4.60. The van der Waals surface area contributed by atoms with Crippen molar-refractivity contribution in [3.63, 3.8) is 0 Å². The molecule has 0 saturated heterocycles. The number of methoxy groups -OCH3 is 1. The second kappa shape index (κ2) is 7.21. The molecule has 0 spiro atoms. The molecule has 2 heterocycles. The summed E-state index contributed by atoms with van der Waals surface area (Å²) in [6.45, 7) is 1.90. The minimum absolute atomic E-state index is 0.217. The Morgan fingerprint density at radius 2 is 1.88 bits per heavy atom. The molecule has 1 unspecified atom stereocenters. The summed E-state index contributed by atoms with van der Waals surface area (Å²) in [4.78, 5) is 33.7. The highest BCUT2D eigenvalue weighted by molar-refractivity contribution is 6.12. The Morgan fingerprint density at radius 3 is 2.66 bits per heavy atom. The van der Waals surface area contributed by atoms with Crippen LogP contribution in [0.5, 0.6) is 0 Å². The van der Waals surface area contributed by atoms with E-state index in [1.54, 1.807) is 42.5 Å². The predicted molar refractivity (Wildman–Crippen MR) is 120 cm³/mol. The number of anilines is 2. The Bertz CT molecular complexity index is 1380. The Balaban J connectivity index is 1.69. The number of hydrogen-bond donors (Lipinski definition) is 3.